The zero-order chi connectivity index (χ0) is 34.1. The van der Waals surface area contributed by atoms with Crippen LogP contribution in [0.1, 0.15) is 54.4 Å². The van der Waals surface area contributed by atoms with E-state index in [1.807, 2.05) is 52.1 Å². The summed E-state index contributed by atoms with van der Waals surface area (Å²) in [7, 11) is 9.90. The zero-order valence-electron chi connectivity index (χ0n) is 28.8. The predicted molar refractivity (Wildman–Crippen MR) is 174 cm³/mol. The fourth-order valence-corrected chi connectivity index (χ4v) is 0.125. The van der Waals surface area contributed by atoms with Crippen molar-refractivity contribution < 1.29 is 30.0 Å². The van der Waals surface area contributed by atoms with Crippen molar-refractivity contribution in [3.63, 3.8) is 0 Å². The third-order valence-corrected chi connectivity index (χ3v) is 5.59. The number of nitrogens with zero attached hydrogens (tertiary/aromatic N) is 3. The van der Waals surface area contributed by atoms with E-state index in [9.17, 15) is 30.0 Å². The minimum atomic E-state index is -2.91. The molecule has 0 heterocycles. The second-order valence-corrected chi connectivity index (χ2v) is 16.0. The van der Waals surface area contributed by atoms with E-state index in [1.165, 1.54) is 39.4 Å². The van der Waals surface area contributed by atoms with Gasteiger partial charge < -0.3 is 20.4 Å². The summed E-state index contributed by atoms with van der Waals surface area (Å²) < 4.78 is 61.7. The van der Waals surface area contributed by atoms with Crippen molar-refractivity contribution in [2.45, 2.75) is 54.4 Å². The SMILES string of the molecule is CCC.CCC.CCS(C)(=O)=O.CCS(C)(=O)=O.CN(C)C.CN(C)C.CN(C)S(C)(=O)=O.CNC(=O)NC. The molecule has 0 spiro atoms. The summed E-state index contributed by atoms with van der Waals surface area (Å²) in [5.74, 6) is 0.486. The molecule has 248 valence electrons. The highest BCUT2D eigenvalue weighted by molar-refractivity contribution is 7.90. The Kier molecular flexibility index (Phi) is 58.0. The Bertz CT molecular complexity index is 718. The summed E-state index contributed by atoms with van der Waals surface area (Å²) in [4.78, 5) is 14.0. The molecule has 0 aromatic rings. The summed E-state index contributed by atoms with van der Waals surface area (Å²) in [6, 6.07) is -0.157. The van der Waals surface area contributed by atoms with Gasteiger partial charge in [0.1, 0.15) is 19.7 Å². The van der Waals surface area contributed by atoms with Gasteiger partial charge in [-0.2, -0.15) is 0 Å². The van der Waals surface area contributed by atoms with Crippen LogP contribution in [0.4, 0.5) is 4.79 Å². The maximum atomic E-state index is 10.3. The molecule has 39 heavy (non-hydrogen) atoms. The molecule has 0 rings (SSSR count). The molecular weight excluding hydrogens is 566 g/mol. The van der Waals surface area contributed by atoms with Crippen LogP contribution in [0.2, 0.25) is 0 Å². The lowest BCUT2D eigenvalue weighted by molar-refractivity contribution is 0.245. The third kappa shape index (κ3) is 201. The Labute approximate surface area is 245 Å². The molecule has 12 nitrogen and oxygen atoms in total. The van der Waals surface area contributed by atoms with E-state index in [-0.39, 0.29) is 17.5 Å². The topological polar surface area (TPSA) is 153 Å². The van der Waals surface area contributed by atoms with Gasteiger partial charge in [0.2, 0.25) is 10.0 Å². The van der Waals surface area contributed by atoms with Crippen molar-refractivity contribution in [1.29, 1.82) is 0 Å². The number of amides is 2. The molecule has 0 atom stereocenters. The number of hydrogen-bond donors (Lipinski definition) is 2. The number of sulfone groups is 2. The van der Waals surface area contributed by atoms with E-state index in [0.29, 0.717) is 0 Å². The fourth-order valence-electron chi connectivity index (χ4n) is 0.125. The van der Waals surface area contributed by atoms with Gasteiger partial charge in [0, 0.05) is 52.2 Å². The Morgan fingerprint density at radius 3 is 0.641 bits per heavy atom. The average molecular weight is 634 g/mol. The lowest BCUT2D eigenvalue weighted by atomic mass is 10.6. The minimum Gasteiger partial charge on any atom is -0.341 e. The highest BCUT2D eigenvalue weighted by Gasteiger charge is 2.01. The van der Waals surface area contributed by atoms with Gasteiger partial charge in [0.05, 0.1) is 6.26 Å². The van der Waals surface area contributed by atoms with E-state index >= 15 is 0 Å². The number of carbonyl (C=O) groups excluding carboxylic acids is 1. The standard InChI is InChI=1S/C3H8N2O.C3H9NO2S.2C3H9N.2C3H8O2S.2C3H8/c1-4-3(6)5-2;1-4(2)7(3,5)6;2*1-4(2)3;2*1-3-6(2,4)5;2*1-3-2/h1-2H3,(H2,4,5,6);1-3H3;2*1-3H3;2*3H2,1-2H3;2*3H2,1-2H3. The van der Waals surface area contributed by atoms with E-state index in [1.54, 1.807) is 27.9 Å². The van der Waals surface area contributed by atoms with Gasteiger partial charge in [0.15, 0.2) is 0 Å². The van der Waals surface area contributed by atoms with Crippen LogP contribution in [0.15, 0.2) is 0 Å². The number of carbonyl (C=O) groups is 1. The number of rotatable bonds is 3. The second kappa shape index (κ2) is 39.1. The Hall–Kier alpha value is -1.00. The predicted octanol–water partition coefficient (Wildman–Crippen LogP) is 2.34. The first-order chi connectivity index (χ1) is 17.2. The Morgan fingerprint density at radius 2 is 0.641 bits per heavy atom. The van der Waals surface area contributed by atoms with Gasteiger partial charge in [0.25, 0.3) is 0 Å². The van der Waals surface area contributed by atoms with Gasteiger partial charge in [-0.05, 0) is 42.3 Å². The molecule has 0 radical (unpaired) electrons. The number of hydrogen-bond acceptors (Lipinski definition) is 9. The molecule has 0 saturated heterocycles. The summed E-state index contributed by atoms with van der Waals surface area (Å²) in [6.07, 6.45) is 6.09. The number of nitrogens with one attached hydrogen (secondary N) is 2. The number of sulfonamides is 1. The number of urea groups is 1. The van der Waals surface area contributed by atoms with E-state index in [0.717, 1.165) is 10.6 Å². The largest absolute Gasteiger partial charge is 0.341 e. The molecule has 0 fully saturated rings. The smallest absolute Gasteiger partial charge is 0.314 e. The maximum absolute atomic E-state index is 10.3. The summed E-state index contributed by atoms with van der Waals surface area (Å²) in [6.45, 7) is 11.7. The molecule has 0 aromatic carbocycles. The average Bonchev–Trinajstić information content (AvgIpc) is 2.73. The molecule has 0 bridgehead atoms. The van der Waals surface area contributed by atoms with E-state index in [2.05, 4.69) is 38.3 Å². The van der Waals surface area contributed by atoms with Gasteiger partial charge in [-0.15, -0.1) is 0 Å². The van der Waals surface area contributed by atoms with Crippen LogP contribution in [-0.2, 0) is 29.7 Å². The molecular formula is C24H67N5O7S3. The highest BCUT2D eigenvalue weighted by Crippen LogP contribution is 1.83. The quantitative estimate of drug-likeness (QED) is 0.477. The molecule has 0 aliphatic rings. The maximum Gasteiger partial charge on any atom is 0.314 e. The van der Waals surface area contributed by atoms with Gasteiger partial charge in [-0.3, -0.25) is 0 Å². The molecule has 0 aliphatic carbocycles. The van der Waals surface area contributed by atoms with Crippen molar-refractivity contribution in [2.24, 2.45) is 0 Å². The molecule has 0 unspecified atom stereocenters. The van der Waals surface area contributed by atoms with Crippen LogP contribution in [-0.4, -0.2) is 146 Å². The highest BCUT2D eigenvalue weighted by atomic mass is 32.2. The van der Waals surface area contributed by atoms with E-state index < -0.39 is 29.7 Å². The van der Waals surface area contributed by atoms with Gasteiger partial charge in [-0.25, -0.2) is 34.4 Å². The van der Waals surface area contributed by atoms with E-state index in [4.69, 9.17) is 0 Å². The van der Waals surface area contributed by atoms with Crippen molar-refractivity contribution in [3.05, 3.63) is 0 Å². The van der Waals surface area contributed by atoms with Crippen molar-refractivity contribution in [3.8, 4) is 0 Å². The molecule has 15 heteroatoms. The Morgan fingerprint density at radius 1 is 0.538 bits per heavy atom. The van der Waals surface area contributed by atoms with Crippen LogP contribution >= 0.6 is 0 Å². The lowest BCUT2D eigenvalue weighted by Crippen LogP contribution is -2.28. The third-order valence-electron chi connectivity index (χ3n) is 2.17. The minimum absolute atomic E-state index is 0.157. The first-order valence-corrected chi connectivity index (χ1v) is 18.5. The van der Waals surface area contributed by atoms with Crippen molar-refractivity contribution in [2.75, 3.05) is 101 Å². The molecule has 2 N–H and O–H groups in total. The zero-order valence-corrected chi connectivity index (χ0v) is 31.2. The van der Waals surface area contributed by atoms with Crippen LogP contribution < -0.4 is 10.6 Å². The van der Waals surface area contributed by atoms with Crippen molar-refractivity contribution in [1.82, 2.24) is 24.7 Å². The summed E-state index contributed by atoms with van der Waals surface area (Å²) in [5, 5.41) is 4.73. The molecule has 0 aromatic heterocycles. The van der Waals surface area contributed by atoms with Gasteiger partial charge in [-0.1, -0.05) is 54.4 Å². The fraction of sp³-hybridized carbons (Fsp3) is 0.958. The summed E-state index contributed by atoms with van der Waals surface area (Å²) in [5.41, 5.74) is 0. The molecule has 0 saturated carbocycles. The Balaban J connectivity index is -0.0000000478. The normalized spacial score (nSPS) is 9.69. The molecule has 0 aliphatic heterocycles. The lowest BCUT2D eigenvalue weighted by Gasteiger charge is -2.02. The second-order valence-electron chi connectivity index (χ2n) is 8.90. The van der Waals surface area contributed by atoms with Gasteiger partial charge >= 0.3 is 6.03 Å². The first-order valence-electron chi connectivity index (χ1n) is 12.5. The van der Waals surface area contributed by atoms with Crippen LogP contribution in [0.25, 0.3) is 0 Å². The van der Waals surface area contributed by atoms with Crippen LogP contribution in [0.5, 0.6) is 0 Å². The van der Waals surface area contributed by atoms with Crippen LogP contribution in [0, 0.1) is 0 Å². The first kappa shape index (κ1) is 57.8. The van der Waals surface area contributed by atoms with Crippen molar-refractivity contribution >= 4 is 35.7 Å². The monoisotopic (exact) mass is 633 g/mol. The summed E-state index contributed by atoms with van der Waals surface area (Å²) >= 11 is 0. The molecule has 2 amide bonds. The van der Waals surface area contributed by atoms with Crippen LogP contribution in [0.3, 0.4) is 0 Å².